The summed E-state index contributed by atoms with van der Waals surface area (Å²) in [6, 6.07) is 8.16. The molecule has 0 fully saturated rings. The van der Waals surface area contributed by atoms with Crippen molar-refractivity contribution in [2.24, 2.45) is 0 Å². The van der Waals surface area contributed by atoms with E-state index in [0.717, 1.165) is 6.26 Å². The number of halogens is 2. The van der Waals surface area contributed by atoms with Crippen LogP contribution in [0.3, 0.4) is 0 Å². The molecule has 0 saturated carbocycles. The zero-order chi connectivity index (χ0) is 18.8. The van der Waals surface area contributed by atoms with Gasteiger partial charge in [0.05, 0.1) is 21.9 Å². The minimum Gasteiger partial charge on any atom is -0.454 e. The molecule has 136 valence electrons. The summed E-state index contributed by atoms with van der Waals surface area (Å²) in [5, 5.41) is 0.568. The number of hydrogen-bond donors (Lipinski definition) is 2. The molecule has 0 radical (unpaired) electrons. The Bertz CT molecular complexity index is 1010. The minimum atomic E-state index is -3.75. The van der Waals surface area contributed by atoms with Crippen LogP contribution in [0.1, 0.15) is 0 Å². The van der Waals surface area contributed by atoms with E-state index in [0.29, 0.717) is 5.02 Å². The molecule has 25 heavy (non-hydrogen) atoms. The van der Waals surface area contributed by atoms with Gasteiger partial charge in [0.1, 0.15) is 5.75 Å². The van der Waals surface area contributed by atoms with Gasteiger partial charge in [0, 0.05) is 11.1 Å². The Labute approximate surface area is 156 Å². The fourth-order valence-corrected chi connectivity index (χ4v) is 3.59. The normalized spacial score (nSPS) is 12.0. The Kier molecular flexibility index (Phi) is 5.85. The van der Waals surface area contributed by atoms with Crippen LogP contribution in [0.2, 0.25) is 10.0 Å². The van der Waals surface area contributed by atoms with Gasteiger partial charge in [-0.15, -0.1) is 0 Å². The average molecular weight is 425 g/mol. The molecule has 0 amide bonds. The van der Waals surface area contributed by atoms with E-state index in [2.05, 4.69) is 9.44 Å². The largest absolute Gasteiger partial charge is 0.454 e. The van der Waals surface area contributed by atoms with Crippen LogP contribution in [0.15, 0.2) is 41.3 Å². The van der Waals surface area contributed by atoms with Gasteiger partial charge < -0.3 is 4.74 Å². The van der Waals surface area contributed by atoms with Gasteiger partial charge in [-0.25, -0.2) is 21.6 Å². The summed E-state index contributed by atoms with van der Waals surface area (Å²) in [4.78, 5) is -0.103. The van der Waals surface area contributed by atoms with Crippen molar-refractivity contribution < 1.29 is 21.6 Å². The highest BCUT2D eigenvalue weighted by Gasteiger charge is 2.18. The van der Waals surface area contributed by atoms with E-state index in [-0.39, 0.29) is 27.1 Å². The molecule has 0 aliphatic rings. The predicted octanol–water partition coefficient (Wildman–Crippen LogP) is 3.07. The summed E-state index contributed by atoms with van der Waals surface area (Å²) in [6.45, 7) is 0. The predicted molar refractivity (Wildman–Crippen MR) is 97.7 cm³/mol. The number of benzene rings is 2. The summed E-state index contributed by atoms with van der Waals surface area (Å²) in [5.74, 6) is 0.146. The van der Waals surface area contributed by atoms with E-state index >= 15 is 0 Å². The van der Waals surface area contributed by atoms with Gasteiger partial charge >= 0.3 is 0 Å². The van der Waals surface area contributed by atoms with Gasteiger partial charge in [0.2, 0.25) is 20.0 Å². The van der Waals surface area contributed by atoms with Crippen molar-refractivity contribution in [1.82, 2.24) is 4.72 Å². The maximum Gasteiger partial charge on any atom is 0.240 e. The monoisotopic (exact) mass is 424 g/mol. The van der Waals surface area contributed by atoms with Crippen molar-refractivity contribution in [3.05, 3.63) is 46.4 Å². The maximum atomic E-state index is 12.0. The molecule has 2 rings (SSSR count). The van der Waals surface area contributed by atoms with E-state index < -0.39 is 20.0 Å². The van der Waals surface area contributed by atoms with Crippen LogP contribution in [0.5, 0.6) is 11.5 Å². The van der Waals surface area contributed by atoms with Crippen molar-refractivity contribution >= 4 is 48.9 Å². The van der Waals surface area contributed by atoms with Crippen LogP contribution in [0, 0.1) is 0 Å². The van der Waals surface area contributed by atoms with Crippen LogP contribution in [0.25, 0.3) is 0 Å². The third-order valence-electron chi connectivity index (χ3n) is 2.94. The number of nitrogens with one attached hydrogen (secondary N) is 2. The quantitative estimate of drug-likeness (QED) is 0.741. The van der Waals surface area contributed by atoms with E-state index in [1.165, 1.54) is 43.4 Å². The van der Waals surface area contributed by atoms with E-state index in [1.807, 2.05) is 0 Å². The fourth-order valence-electron chi connectivity index (χ4n) is 1.83. The first kappa shape index (κ1) is 19.8. The van der Waals surface area contributed by atoms with E-state index in [9.17, 15) is 16.8 Å². The SMILES string of the molecule is CNS(=O)(=O)c1ccc(NS(C)(=O)=O)c(Oc2ccc(Cl)cc2Cl)c1. The lowest BCUT2D eigenvalue weighted by Gasteiger charge is -2.14. The molecule has 0 unspecified atom stereocenters. The molecule has 0 aliphatic carbocycles. The second kappa shape index (κ2) is 7.38. The molecular weight excluding hydrogens is 411 g/mol. The van der Waals surface area contributed by atoms with Crippen molar-refractivity contribution in [3.63, 3.8) is 0 Å². The van der Waals surface area contributed by atoms with Crippen molar-refractivity contribution in [2.75, 3.05) is 18.0 Å². The summed E-state index contributed by atoms with van der Waals surface area (Å²) in [5.41, 5.74) is 0.0589. The molecule has 0 spiro atoms. The van der Waals surface area contributed by atoms with Gasteiger partial charge in [0.25, 0.3) is 0 Å². The smallest absolute Gasteiger partial charge is 0.240 e. The van der Waals surface area contributed by atoms with Crippen LogP contribution in [0.4, 0.5) is 5.69 Å². The lowest BCUT2D eigenvalue weighted by molar-refractivity contribution is 0.483. The lowest BCUT2D eigenvalue weighted by Crippen LogP contribution is -2.19. The van der Waals surface area contributed by atoms with E-state index in [1.54, 1.807) is 0 Å². The van der Waals surface area contributed by atoms with Crippen LogP contribution in [-0.2, 0) is 20.0 Å². The van der Waals surface area contributed by atoms with Gasteiger partial charge in [-0.3, -0.25) is 4.72 Å². The number of hydrogen-bond acceptors (Lipinski definition) is 5. The molecule has 2 aromatic rings. The Hall–Kier alpha value is -1.52. The van der Waals surface area contributed by atoms with Gasteiger partial charge in [-0.05, 0) is 37.4 Å². The van der Waals surface area contributed by atoms with Crippen LogP contribution < -0.4 is 14.2 Å². The van der Waals surface area contributed by atoms with Gasteiger partial charge in [-0.2, -0.15) is 0 Å². The highest BCUT2D eigenvalue weighted by Crippen LogP contribution is 2.36. The third kappa shape index (κ3) is 5.23. The number of rotatable bonds is 6. The fraction of sp³-hybridized carbons (Fsp3) is 0.143. The van der Waals surface area contributed by atoms with Crippen LogP contribution >= 0.6 is 23.2 Å². The molecule has 0 aliphatic heterocycles. The third-order valence-corrected chi connectivity index (χ3v) is 5.47. The maximum absolute atomic E-state index is 12.0. The molecule has 2 N–H and O–H groups in total. The number of ether oxygens (including phenoxy) is 1. The lowest BCUT2D eigenvalue weighted by atomic mass is 10.3. The number of sulfonamides is 2. The summed E-state index contributed by atoms with van der Waals surface area (Å²) in [6.07, 6.45) is 0.963. The van der Waals surface area contributed by atoms with Gasteiger partial charge in [0.15, 0.2) is 5.75 Å². The van der Waals surface area contributed by atoms with Gasteiger partial charge in [-0.1, -0.05) is 23.2 Å². The molecule has 7 nitrogen and oxygen atoms in total. The average Bonchev–Trinajstić information content (AvgIpc) is 2.50. The van der Waals surface area contributed by atoms with Crippen molar-refractivity contribution in [3.8, 4) is 11.5 Å². The first-order chi connectivity index (χ1) is 11.5. The molecule has 0 bridgehead atoms. The second-order valence-corrected chi connectivity index (χ2v) is 9.40. The molecule has 2 aromatic carbocycles. The Morgan fingerprint density at radius 3 is 2.20 bits per heavy atom. The molecule has 0 aromatic heterocycles. The molecule has 0 atom stereocenters. The van der Waals surface area contributed by atoms with Crippen molar-refractivity contribution in [2.45, 2.75) is 4.90 Å². The summed E-state index contributed by atoms with van der Waals surface area (Å²) >= 11 is 11.9. The topological polar surface area (TPSA) is 102 Å². The summed E-state index contributed by atoms with van der Waals surface area (Å²) < 4.78 is 57.0. The standard InChI is InChI=1S/C14H14Cl2N2O5S2/c1-17-25(21,22)10-4-5-12(18-24(2,19)20)14(8-10)23-13-6-3-9(15)7-11(13)16/h3-8,17-18H,1-2H3. The molecule has 11 heteroatoms. The first-order valence-corrected chi connectivity index (χ1v) is 10.8. The summed E-state index contributed by atoms with van der Waals surface area (Å²) in [7, 11) is -6.10. The van der Waals surface area contributed by atoms with Crippen molar-refractivity contribution in [1.29, 1.82) is 0 Å². The second-order valence-electron chi connectivity index (χ2n) is 4.92. The Morgan fingerprint density at radius 1 is 0.960 bits per heavy atom. The highest BCUT2D eigenvalue weighted by atomic mass is 35.5. The molecular formula is C14H14Cl2N2O5S2. The van der Waals surface area contributed by atoms with E-state index in [4.69, 9.17) is 27.9 Å². The molecule has 0 saturated heterocycles. The zero-order valence-corrected chi connectivity index (χ0v) is 16.2. The Balaban J connectivity index is 2.55. The number of anilines is 1. The highest BCUT2D eigenvalue weighted by molar-refractivity contribution is 7.92. The van der Waals surface area contributed by atoms with Crippen LogP contribution in [-0.4, -0.2) is 30.1 Å². The Morgan fingerprint density at radius 2 is 1.64 bits per heavy atom. The molecule has 0 heterocycles. The first-order valence-electron chi connectivity index (χ1n) is 6.70. The minimum absolute atomic E-state index is 0.0361. The zero-order valence-electron chi connectivity index (χ0n) is 13.1.